The number of hydrogen-bond acceptors (Lipinski definition) is 4. The predicted octanol–water partition coefficient (Wildman–Crippen LogP) is 6.53. The van der Waals surface area contributed by atoms with E-state index >= 15 is 0 Å². The summed E-state index contributed by atoms with van der Waals surface area (Å²) >= 11 is 3.16. The predicted molar refractivity (Wildman–Crippen MR) is 124 cm³/mol. The largest absolute Gasteiger partial charge is 0.329 e. The molecule has 29 heavy (non-hydrogen) atoms. The number of nitrogens with one attached hydrogen (secondary N) is 2. The van der Waals surface area contributed by atoms with Crippen molar-refractivity contribution >= 4 is 39.8 Å². The van der Waals surface area contributed by atoms with Crippen LogP contribution in [0.15, 0.2) is 71.5 Å². The Morgan fingerprint density at radius 1 is 1.17 bits per heavy atom. The highest BCUT2D eigenvalue weighted by molar-refractivity contribution is 7.98. The highest BCUT2D eigenvalue weighted by atomic mass is 32.2. The fourth-order valence-corrected chi connectivity index (χ4v) is 4.39. The number of thiazole rings is 1. The number of thioether (sulfide) groups is 1. The Hall–Kier alpha value is -2.57. The normalized spacial score (nSPS) is 11.1. The lowest BCUT2D eigenvalue weighted by atomic mass is 9.92. The van der Waals surface area contributed by atoms with Crippen LogP contribution in [0.25, 0.3) is 5.57 Å². The van der Waals surface area contributed by atoms with Crippen molar-refractivity contribution in [3.63, 3.8) is 0 Å². The van der Waals surface area contributed by atoms with Gasteiger partial charge in [-0.25, -0.2) is 9.78 Å². The zero-order chi connectivity index (χ0) is 20.9. The standard InChI is InChI=1S/C23H25N3OS2/c1-16(2)17-9-8-10-18(13-17)23(3,4)26-21(27)25-22-24-19(15-29-22)14-28-20-11-6-5-7-12-20/h5-13,15H,1,14H2,2-4H3,(H2,24,25,26,27). The Labute approximate surface area is 180 Å². The van der Waals surface area contributed by atoms with Crippen molar-refractivity contribution in [2.45, 2.75) is 37.0 Å². The van der Waals surface area contributed by atoms with Gasteiger partial charge in [0.2, 0.25) is 0 Å². The molecule has 0 aliphatic rings. The summed E-state index contributed by atoms with van der Waals surface area (Å²) in [7, 11) is 0. The quantitative estimate of drug-likeness (QED) is 0.425. The molecule has 0 fully saturated rings. The third-order valence-corrected chi connectivity index (χ3v) is 6.26. The second-order valence-electron chi connectivity index (χ2n) is 7.31. The van der Waals surface area contributed by atoms with Gasteiger partial charge in [-0.1, -0.05) is 48.6 Å². The Morgan fingerprint density at radius 2 is 1.93 bits per heavy atom. The number of anilines is 1. The molecule has 0 radical (unpaired) electrons. The second kappa shape index (κ2) is 9.29. The summed E-state index contributed by atoms with van der Waals surface area (Å²) < 4.78 is 0. The average Bonchev–Trinajstić information content (AvgIpc) is 3.14. The summed E-state index contributed by atoms with van der Waals surface area (Å²) in [6.07, 6.45) is 0. The van der Waals surface area contributed by atoms with Gasteiger partial charge in [0.15, 0.2) is 5.13 Å². The fraction of sp³-hybridized carbons (Fsp3) is 0.217. The van der Waals surface area contributed by atoms with Crippen LogP contribution in [0.1, 0.15) is 37.6 Å². The number of carbonyl (C=O) groups excluding carboxylic acids is 1. The molecule has 1 heterocycles. The molecule has 0 aliphatic heterocycles. The number of carbonyl (C=O) groups is 1. The van der Waals surface area contributed by atoms with Crippen LogP contribution in [0, 0.1) is 0 Å². The van der Waals surface area contributed by atoms with E-state index in [0.717, 1.165) is 28.1 Å². The molecule has 0 unspecified atom stereocenters. The van der Waals surface area contributed by atoms with Crippen molar-refractivity contribution < 1.29 is 4.79 Å². The van der Waals surface area contributed by atoms with Crippen LogP contribution >= 0.6 is 23.1 Å². The Kier molecular flexibility index (Phi) is 6.77. The molecule has 150 valence electrons. The smallest absolute Gasteiger partial charge is 0.321 e. The monoisotopic (exact) mass is 423 g/mol. The van der Waals surface area contributed by atoms with Gasteiger partial charge in [-0.2, -0.15) is 0 Å². The molecular weight excluding hydrogens is 398 g/mol. The van der Waals surface area contributed by atoms with E-state index in [9.17, 15) is 4.79 Å². The summed E-state index contributed by atoms with van der Waals surface area (Å²) in [5.41, 5.74) is 3.51. The molecule has 0 atom stereocenters. The summed E-state index contributed by atoms with van der Waals surface area (Å²) in [6.45, 7) is 9.93. The highest BCUT2D eigenvalue weighted by Gasteiger charge is 2.23. The second-order valence-corrected chi connectivity index (χ2v) is 9.22. The van der Waals surface area contributed by atoms with Gasteiger partial charge in [0, 0.05) is 16.0 Å². The maximum Gasteiger partial charge on any atom is 0.321 e. The number of rotatable bonds is 7. The number of aromatic nitrogens is 1. The number of benzene rings is 2. The van der Waals surface area contributed by atoms with Crippen molar-refractivity contribution in [2.24, 2.45) is 0 Å². The Balaban J connectivity index is 1.58. The minimum absolute atomic E-state index is 0.271. The van der Waals surface area contributed by atoms with E-state index in [-0.39, 0.29) is 6.03 Å². The molecule has 4 nitrogen and oxygen atoms in total. The van der Waals surface area contributed by atoms with E-state index in [1.54, 1.807) is 11.8 Å². The Morgan fingerprint density at radius 3 is 2.66 bits per heavy atom. The average molecular weight is 424 g/mol. The molecule has 0 saturated carbocycles. The van der Waals surface area contributed by atoms with Crippen molar-refractivity contribution in [2.75, 3.05) is 5.32 Å². The molecule has 1 aromatic heterocycles. The van der Waals surface area contributed by atoms with E-state index in [1.807, 2.05) is 62.5 Å². The summed E-state index contributed by atoms with van der Waals surface area (Å²) in [4.78, 5) is 18.3. The van der Waals surface area contributed by atoms with Crippen LogP contribution in [-0.2, 0) is 11.3 Å². The number of nitrogens with zero attached hydrogens (tertiary/aromatic N) is 1. The molecule has 0 aliphatic carbocycles. The Bertz CT molecular complexity index is 996. The van der Waals surface area contributed by atoms with Crippen LogP contribution in [0.3, 0.4) is 0 Å². The number of amides is 2. The summed E-state index contributed by atoms with van der Waals surface area (Å²) in [5, 5.41) is 8.46. The third-order valence-electron chi connectivity index (χ3n) is 4.41. The first-order chi connectivity index (χ1) is 13.8. The third kappa shape index (κ3) is 5.95. The zero-order valence-corrected chi connectivity index (χ0v) is 18.5. The van der Waals surface area contributed by atoms with Crippen molar-refractivity contribution in [3.8, 4) is 0 Å². The zero-order valence-electron chi connectivity index (χ0n) is 16.9. The lowest BCUT2D eigenvalue weighted by Crippen LogP contribution is -2.43. The molecular formula is C23H25N3OS2. The topological polar surface area (TPSA) is 54.0 Å². The van der Waals surface area contributed by atoms with Crippen LogP contribution in [0.5, 0.6) is 0 Å². The lowest BCUT2D eigenvalue weighted by molar-refractivity contribution is 0.242. The highest BCUT2D eigenvalue weighted by Crippen LogP contribution is 2.26. The first-order valence-corrected chi connectivity index (χ1v) is 11.2. The maximum atomic E-state index is 12.5. The van der Waals surface area contributed by atoms with Gasteiger partial charge < -0.3 is 5.32 Å². The van der Waals surface area contributed by atoms with Gasteiger partial charge in [0.05, 0.1) is 11.2 Å². The summed E-state index contributed by atoms with van der Waals surface area (Å²) in [6, 6.07) is 18.0. The molecule has 2 N–H and O–H groups in total. The van der Waals surface area contributed by atoms with Crippen LogP contribution in [0.4, 0.5) is 9.93 Å². The maximum absolute atomic E-state index is 12.5. The van der Waals surface area contributed by atoms with Gasteiger partial charge >= 0.3 is 6.03 Å². The molecule has 3 aromatic rings. The van der Waals surface area contributed by atoms with Gasteiger partial charge in [0.1, 0.15) is 0 Å². The fourth-order valence-electron chi connectivity index (χ4n) is 2.76. The number of allylic oxidation sites excluding steroid dienone is 1. The molecule has 6 heteroatoms. The molecule has 3 rings (SSSR count). The first kappa shape index (κ1) is 21.1. The van der Waals surface area contributed by atoms with E-state index in [0.29, 0.717) is 5.13 Å². The lowest BCUT2D eigenvalue weighted by Gasteiger charge is -2.27. The van der Waals surface area contributed by atoms with Gasteiger partial charge in [-0.15, -0.1) is 23.1 Å². The van der Waals surface area contributed by atoms with Crippen molar-refractivity contribution in [1.29, 1.82) is 0 Å². The molecule has 0 bridgehead atoms. The number of urea groups is 1. The molecule has 0 saturated heterocycles. The summed E-state index contributed by atoms with van der Waals surface area (Å²) in [5.74, 6) is 0.767. The first-order valence-electron chi connectivity index (χ1n) is 9.31. The van der Waals surface area contributed by atoms with Gasteiger partial charge in [-0.05, 0) is 50.1 Å². The van der Waals surface area contributed by atoms with Crippen LogP contribution in [-0.4, -0.2) is 11.0 Å². The minimum Gasteiger partial charge on any atom is -0.329 e. The minimum atomic E-state index is -0.529. The van der Waals surface area contributed by atoms with E-state index in [2.05, 4.69) is 40.4 Å². The van der Waals surface area contributed by atoms with Crippen LogP contribution < -0.4 is 10.6 Å². The van der Waals surface area contributed by atoms with E-state index < -0.39 is 5.54 Å². The SMILES string of the molecule is C=C(C)c1cccc(C(C)(C)NC(=O)Nc2nc(CSc3ccccc3)cs2)c1. The van der Waals surface area contributed by atoms with E-state index in [1.165, 1.54) is 16.2 Å². The van der Waals surface area contributed by atoms with Crippen LogP contribution in [0.2, 0.25) is 0 Å². The molecule has 2 amide bonds. The van der Waals surface area contributed by atoms with Gasteiger partial charge in [-0.3, -0.25) is 5.32 Å². The number of hydrogen-bond donors (Lipinski definition) is 2. The van der Waals surface area contributed by atoms with Crippen molar-refractivity contribution in [1.82, 2.24) is 10.3 Å². The van der Waals surface area contributed by atoms with Crippen molar-refractivity contribution in [3.05, 3.63) is 83.4 Å². The van der Waals surface area contributed by atoms with E-state index in [4.69, 9.17) is 0 Å². The molecule has 0 spiro atoms. The van der Waals surface area contributed by atoms with Gasteiger partial charge in [0.25, 0.3) is 0 Å². The molecule has 2 aromatic carbocycles.